The van der Waals surface area contributed by atoms with Crippen LogP contribution in [-0.2, 0) is 0 Å². The second kappa shape index (κ2) is 8.03. The number of hydrogen-bond donors (Lipinski definition) is 2. The van der Waals surface area contributed by atoms with Gasteiger partial charge in [-0.05, 0) is 62.5 Å². The molecule has 1 aromatic carbocycles. The van der Waals surface area contributed by atoms with E-state index in [4.69, 9.17) is 0 Å². The van der Waals surface area contributed by atoms with E-state index in [9.17, 15) is 4.79 Å². The molecule has 116 valence electrons. The highest BCUT2D eigenvalue weighted by atomic mass is 16.1. The van der Waals surface area contributed by atoms with Gasteiger partial charge >= 0.3 is 0 Å². The first kappa shape index (κ1) is 15.8. The number of hydrogen-bond acceptors (Lipinski definition) is 3. The number of carbonyl (C=O) groups is 1. The maximum absolute atomic E-state index is 12.1. The van der Waals surface area contributed by atoms with E-state index >= 15 is 0 Å². The SMILES string of the molecule is CCCN(C)c1ccc(C(=O)NCC2CCCNC2)cc1. The molecule has 21 heavy (non-hydrogen) atoms. The fourth-order valence-corrected chi connectivity index (χ4v) is 2.77. The summed E-state index contributed by atoms with van der Waals surface area (Å²) in [5, 5.41) is 6.42. The van der Waals surface area contributed by atoms with Crippen LogP contribution < -0.4 is 15.5 Å². The lowest BCUT2D eigenvalue weighted by atomic mass is 9.99. The van der Waals surface area contributed by atoms with E-state index in [1.54, 1.807) is 0 Å². The Morgan fingerprint density at radius 1 is 1.38 bits per heavy atom. The molecule has 0 radical (unpaired) electrons. The van der Waals surface area contributed by atoms with Crippen molar-refractivity contribution in [3.8, 4) is 0 Å². The average molecular weight is 289 g/mol. The summed E-state index contributed by atoms with van der Waals surface area (Å²) >= 11 is 0. The molecule has 1 aliphatic heterocycles. The normalized spacial score (nSPS) is 18.3. The van der Waals surface area contributed by atoms with Gasteiger partial charge in [0, 0.05) is 31.4 Å². The minimum absolute atomic E-state index is 0.0327. The predicted molar refractivity (Wildman–Crippen MR) is 87.9 cm³/mol. The molecule has 2 rings (SSSR count). The summed E-state index contributed by atoms with van der Waals surface area (Å²) in [7, 11) is 2.08. The largest absolute Gasteiger partial charge is 0.375 e. The average Bonchev–Trinajstić information content (AvgIpc) is 2.54. The van der Waals surface area contributed by atoms with Crippen LogP contribution in [0.2, 0.25) is 0 Å². The van der Waals surface area contributed by atoms with Gasteiger partial charge in [0.2, 0.25) is 0 Å². The lowest BCUT2D eigenvalue weighted by Gasteiger charge is -2.23. The first-order valence-corrected chi connectivity index (χ1v) is 8.01. The minimum atomic E-state index is 0.0327. The van der Waals surface area contributed by atoms with Gasteiger partial charge in [0.05, 0.1) is 0 Å². The van der Waals surface area contributed by atoms with Gasteiger partial charge in [-0.2, -0.15) is 0 Å². The Kier molecular flexibility index (Phi) is 6.05. The molecule has 0 spiro atoms. The second-order valence-electron chi connectivity index (χ2n) is 5.89. The summed E-state index contributed by atoms with van der Waals surface area (Å²) in [6.07, 6.45) is 3.53. The second-order valence-corrected chi connectivity index (χ2v) is 5.89. The summed E-state index contributed by atoms with van der Waals surface area (Å²) in [6.45, 7) is 6.08. The van der Waals surface area contributed by atoms with Crippen molar-refractivity contribution in [3.05, 3.63) is 29.8 Å². The monoisotopic (exact) mass is 289 g/mol. The van der Waals surface area contributed by atoms with Crippen LogP contribution in [0.15, 0.2) is 24.3 Å². The van der Waals surface area contributed by atoms with Crippen molar-refractivity contribution in [3.63, 3.8) is 0 Å². The highest BCUT2D eigenvalue weighted by Gasteiger charge is 2.14. The Labute approximate surface area is 127 Å². The molecular weight excluding hydrogens is 262 g/mol. The summed E-state index contributed by atoms with van der Waals surface area (Å²) in [5.74, 6) is 0.600. The zero-order chi connectivity index (χ0) is 15.1. The zero-order valence-electron chi connectivity index (χ0n) is 13.2. The zero-order valence-corrected chi connectivity index (χ0v) is 13.2. The number of amides is 1. The highest BCUT2D eigenvalue weighted by molar-refractivity contribution is 5.94. The van der Waals surface area contributed by atoms with Gasteiger partial charge in [0.1, 0.15) is 0 Å². The maximum Gasteiger partial charge on any atom is 0.251 e. The third-order valence-electron chi connectivity index (χ3n) is 4.08. The number of benzene rings is 1. The number of carbonyl (C=O) groups excluding carboxylic acids is 1. The fourth-order valence-electron chi connectivity index (χ4n) is 2.77. The lowest BCUT2D eigenvalue weighted by Crippen LogP contribution is -2.38. The van der Waals surface area contributed by atoms with Gasteiger partial charge in [-0.3, -0.25) is 4.79 Å². The Morgan fingerprint density at radius 2 is 2.14 bits per heavy atom. The van der Waals surface area contributed by atoms with Crippen LogP contribution in [0, 0.1) is 5.92 Å². The van der Waals surface area contributed by atoms with Crippen molar-refractivity contribution in [1.29, 1.82) is 0 Å². The number of nitrogens with one attached hydrogen (secondary N) is 2. The molecule has 0 aliphatic carbocycles. The van der Waals surface area contributed by atoms with E-state index < -0.39 is 0 Å². The molecule has 1 unspecified atom stereocenters. The van der Waals surface area contributed by atoms with E-state index in [1.165, 1.54) is 12.8 Å². The molecule has 1 aromatic rings. The molecule has 0 bridgehead atoms. The number of rotatable bonds is 6. The molecule has 1 amide bonds. The minimum Gasteiger partial charge on any atom is -0.375 e. The molecule has 0 aromatic heterocycles. The molecule has 2 N–H and O–H groups in total. The topological polar surface area (TPSA) is 44.4 Å². The predicted octanol–water partition coefficient (Wildman–Crippen LogP) is 2.26. The smallest absolute Gasteiger partial charge is 0.251 e. The standard InChI is InChI=1S/C17H27N3O/c1-3-11-20(2)16-8-6-15(7-9-16)17(21)19-13-14-5-4-10-18-12-14/h6-9,14,18H,3-5,10-13H2,1-2H3,(H,19,21). The summed E-state index contributed by atoms with van der Waals surface area (Å²) in [5.41, 5.74) is 1.90. The Balaban J connectivity index is 1.84. The van der Waals surface area contributed by atoms with Gasteiger partial charge in [0.25, 0.3) is 5.91 Å². The maximum atomic E-state index is 12.1. The van der Waals surface area contributed by atoms with Crippen LogP contribution in [0.1, 0.15) is 36.5 Å². The number of anilines is 1. The fraction of sp³-hybridized carbons (Fsp3) is 0.588. The van der Waals surface area contributed by atoms with E-state index in [0.29, 0.717) is 5.92 Å². The first-order chi connectivity index (χ1) is 10.2. The molecule has 1 atom stereocenters. The Bertz CT molecular complexity index is 438. The third kappa shape index (κ3) is 4.74. The third-order valence-corrected chi connectivity index (χ3v) is 4.08. The summed E-state index contributed by atoms with van der Waals surface area (Å²) in [4.78, 5) is 14.4. The van der Waals surface area contributed by atoms with E-state index in [2.05, 4.69) is 29.5 Å². The molecule has 4 heteroatoms. The molecular formula is C17H27N3O. The summed E-state index contributed by atoms with van der Waals surface area (Å²) < 4.78 is 0. The lowest BCUT2D eigenvalue weighted by molar-refractivity contribution is 0.0945. The number of piperidine rings is 1. The van der Waals surface area contributed by atoms with Gasteiger partial charge in [0.15, 0.2) is 0 Å². The van der Waals surface area contributed by atoms with Crippen LogP contribution >= 0.6 is 0 Å². The molecule has 1 aliphatic rings. The van der Waals surface area contributed by atoms with Crippen molar-refractivity contribution < 1.29 is 4.79 Å². The molecule has 1 fully saturated rings. The van der Waals surface area contributed by atoms with Crippen LogP contribution in [0.4, 0.5) is 5.69 Å². The molecule has 0 saturated carbocycles. The quantitative estimate of drug-likeness (QED) is 0.844. The van der Waals surface area contributed by atoms with Crippen LogP contribution in [0.5, 0.6) is 0 Å². The molecule has 4 nitrogen and oxygen atoms in total. The van der Waals surface area contributed by atoms with Gasteiger partial charge < -0.3 is 15.5 Å². The van der Waals surface area contributed by atoms with Crippen molar-refractivity contribution in [2.75, 3.05) is 38.1 Å². The molecule has 1 heterocycles. The van der Waals surface area contributed by atoms with E-state index in [0.717, 1.165) is 43.9 Å². The van der Waals surface area contributed by atoms with Crippen LogP contribution in [0.3, 0.4) is 0 Å². The van der Waals surface area contributed by atoms with Crippen molar-refractivity contribution in [1.82, 2.24) is 10.6 Å². The summed E-state index contributed by atoms with van der Waals surface area (Å²) in [6, 6.07) is 7.87. The van der Waals surface area contributed by atoms with Gasteiger partial charge in [-0.25, -0.2) is 0 Å². The van der Waals surface area contributed by atoms with Crippen LogP contribution in [-0.4, -0.2) is 39.1 Å². The van der Waals surface area contributed by atoms with Gasteiger partial charge in [-0.15, -0.1) is 0 Å². The van der Waals surface area contributed by atoms with Crippen molar-refractivity contribution in [2.45, 2.75) is 26.2 Å². The van der Waals surface area contributed by atoms with Crippen molar-refractivity contribution >= 4 is 11.6 Å². The Morgan fingerprint density at radius 3 is 2.76 bits per heavy atom. The van der Waals surface area contributed by atoms with Gasteiger partial charge in [-0.1, -0.05) is 6.92 Å². The highest BCUT2D eigenvalue weighted by Crippen LogP contribution is 2.14. The van der Waals surface area contributed by atoms with E-state index in [-0.39, 0.29) is 5.91 Å². The molecule has 1 saturated heterocycles. The number of nitrogens with zero attached hydrogens (tertiary/aromatic N) is 1. The first-order valence-electron chi connectivity index (χ1n) is 8.01. The Hall–Kier alpha value is -1.55. The van der Waals surface area contributed by atoms with Crippen LogP contribution in [0.25, 0.3) is 0 Å². The van der Waals surface area contributed by atoms with Crippen molar-refractivity contribution in [2.24, 2.45) is 5.92 Å². The van der Waals surface area contributed by atoms with E-state index in [1.807, 2.05) is 24.3 Å².